The van der Waals surface area contributed by atoms with Crippen LogP contribution in [0.5, 0.6) is 0 Å². The van der Waals surface area contributed by atoms with E-state index in [9.17, 15) is 4.79 Å². The summed E-state index contributed by atoms with van der Waals surface area (Å²) in [5, 5.41) is 0. The second kappa shape index (κ2) is 4.53. The highest BCUT2D eigenvalue weighted by Crippen LogP contribution is 2.21. The van der Waals surface area contributed by atoms with Gasteiger partial charge in [-0.2, -0.15) is 0 Å². The first-order valence-electron chi connectivity index (χ1n) is 5.09. The van der Waals surface area contributed by atoms with Crippen molar-refractivity contribution in [3.8, 4) is 0 Å². The quantitative estimate of drug-likeness (QED) is 0.597. The Morgan fingerprint density at radius 2 is 2.06 bits per heavy atom. The molecule has 0 fully saturated rings. The van der Waals surface area contributed by atoms with E-state index in [0.717, 1.165) is 5.56 Å². The number of hydrogen-bond donors (Lipinski definition) is 2. The number of carbonyl (C=O) groups is 1. The third-order valence-corrected chi connectivity index (χ3v) is 2.22. The molecule has 4 heteroatoms. The van der Waals surface area contributed by atoms with Crippen molar-refractivity contribution in [2.75, 3.05) is 12.8 Å². The van der Waals surface area contributed by atoms with Gasteiger partial charge in [0.2, 0.25) is 0 Å². The molecular weight excluding hydrogens is 204 g/mol. The van der Waals surface area contributed by atoms with Gasteiger partial charge in [0.05, 0.1) is 12.7 Å². The molecule has 0 radical (unpaired) electrons. The molecule has 1 rings (SSSR count). The van der Waals surface area contributed by atoms with E-state index >= 15 is 0 Å². The van der Waals surface area contributed by atoms with Gasteiger partial charge in [-0.1, -0.05) is 12.1 Å². The summed E-state index contributed by atoms with van der Waals surface area (Å²) >= 11 is 0. The lowest BCUT2D eigenvalue weighted by Gasteiger charge is -2.20. The molecule has 0 aliphatic heterocycles. The van der Waals surface area contributed by atoms with Gasteiger partial charge in [-0.15, -0.1) is 0 Å². The fourth-order valence-corrected chi connectivity index (χ4v) is 1.61. The second-order valence-electron chi connectivity index (χ2n) is 4.54. The lowest BCUT2D eigenvalue weighted by Crippen LogP contribution is -2.35. The Morgan fingerprint density at radius 1 is 1.44 bits per heavy atom. The molecule has 0 amide bonds. The van der Waals surface area contributed by atoms with Gasteiger partial charge in [0.1, 0.15) is 0 Å². The molecule has 16 heavy (non-hydrogen) atoms. The van der Waals surface area contributed by atoms with Crippen molar-refractivity contribution in [1.29, 1.82) is 0 Å². The Bertz CT molecular complexity index is 394. The standard InChI is InChI=1S/C12H18N2O2/c1-12(2,14)7-8-5-4-6-9(13)10(8)11(15)16-3/h4-6H,7,13-14H2,1-3H3. The van der Waals surface area contributed by atoms with Crippen molar-refractivity contribution in [3.63, 3.8) is 0 Å². The van der Waals surface area contributed by atoms with Crippen LogP contribution >= 0.6 is 0 Å². The van der Waals surface area contributed by atoms with E-state index in [1.54, 1.807) is 6.07 Å². The number of nitrogen functional groups attached to an aromatic ring is 1. The molecule has 4 N–H and O–H groups in total. The summed E-state index contributed by atoms with van der Waals surface area (Å²) in [5.41, 5.74) is 13.0. The largest absolute Gasteiger partial charge is 0.465 e. The van der Waals surface area contributed by atoms with Gasteiger partial charge < -0.3 is 16.2 Å². The SMILES string of the molecule is COC(=O)c1c(N)cccc1CC(C)(C)N. The van der Waals surface area contributed by atoms with Gasteiger partial charge >= 0.3 is 5.97 Å². The van der Waals surface area contributed by atoms with E-state index in [0.29, 0.717) is 17.7 Å². The van der Waals surface area contributed by atoms with Gasteiger partial charge in [0, 0.05) is 11.2 Å². The normalized spacial score (nSPS) is 11.2. The number of esters is 1. The van der Waals surface area contributed by atoms with Crippen LogP contribution in [0.2, 0.25) is 0 Å². The number of hydrogen-bond acceptors (Lipinski definition) is 4. The van der Waals surface area contributed by atoms with Crippen molar-refractivity contribution >= 4 is 11.7 Å². The van der Waals surface area contributed by atoms with Crippen LogP contribution in [0.25, 0.3) is 0 Å². The van der Waals surface area contributed by atoms with Gasteiger partial charge in [0.25, 0.3) is 0 Å². The monoisotopic (exact) mass is 222 g/mol. The van der Waals surface area contributed by atoms with Crippen LogP contribution in [0.1, 0.15) is 29.8 Å². The van der Waals surface area contributed by atoms with Crippen molar-refractivity contribution in [3.05, 3.63) is 29.3 Å². The predicted molar refractivity (Wildman–Crippen MR) is 64.2 cm³/mol. The molecule has 0 saturated carbocycles. The fraction of sp³-hybridized carbons (Fsp3) is 0.417. The van der Waals surface area contributed by atoms with Gasteiger partial charge in [-0.05, 0) is 31.9 Å². The molecule has 88 valence electrons. The highest BCUT2D eigenvalue weighted by Gasteiger charge is 2.20. The maximum Gasteiger partial charge on any atom is 0.340 e. The summed E-state index contributed by atoms with van der Waals surface area (Å²) in [6.07, 6.45) is 0.572. The molecule has 0 spiro atoms. The van der Waals surface area contributed by atoms with Gasteiger partial charge in [-0.3, -0.25) is 0 Å². The molecule has 0 aliphatic rings. The first kappa shape index (κ1) is 12.5. The molecule has 0 heterocycles. The van der Waals surface area contributed by atoms with E-state index in [4.69, 9.17) is 16.2 Å². The molecule has 1 aromatic carbocycles. The average molecular weight is 222 g/mol. The third kappa shape index (κ3) is 2.97. The third-order valence-electron chi connectivity index (χ3n) is 2.22. The van der Waals surface area contributed by atoms with Crippen molar-refractivity contribution in [2.24, 2.45) is 5.73 Å². The Labute approximate surface area is 95.6 Å². The Hall–Kier alpha value is -1.55. The minimum atomic E-state index is -0.419. The van der Waals surface area contributed by atoms with Crippen molar-refractivity contribution in [1.82, 2.24) is 0 Å². The molecule has 0 aromatic heterocycles. The molecule has 4 nitrogen and oxygen atoms in total. The lowest BCUT2D eigenvalue weighted by molar-refractivity contribution is 0.0600. The Morgan fingerprint density at radius 3 is 2.56 bits per heavy atom. The summed E-state index contributed by atoms with van der Waals surface area (Å²) in [5.74, 6) is -0.419. The lowest BCUT2D eigenvalue weighted by atomic mass is 9.92. The maximum atomic E-state index is 11.6. The minimum Gasteiger partial charge on any atom is -0.465 e. The van der Waals surface area contributed by atoms with Crippen molar-refractivity contribution in [2.45, 2.75) is 25.8 Å². The molecule has 0 saturated heterocycles. The predicted octanol–water partition coefficient (Wildman–Crippen LogP) is 1.34. The van der Waals surface area contributed by atoms with E-state index in [-0.39, 0.29) is 0 Å². The summed E-state index contributed by atoms with van der Waals surface area (Å²) in [6.45, 7) is 3.80. The van der Waals surface area contributed by atoms with Crippen LogP contribution in [-0.2, 0) is 11.2 Å². The first-order chi connectivity index (χ1) is 7.35. The highest BCUT2D eigenvalue weighted by molar-refractivity contribution is 5.96. The average Bonchev–Trinajstić information content (AvgIpc) is 2.14. The Kier molecular flexibility index (Phi) is 3.55. The molecule has 1 aromatic rings. The fourth-order valence-electron chi connectivity index (χ4n) is 1.61. The number of benzene rings is 1. The highest BCUT2D eigenvalue weighted by atomic mass is 16.5. The maximum absolute atomic E-state index is 11.6. The zero-order chi connectivity index (χ0) is 12.3. The minimum absolute atomic E-state index is 0.392. The molecule has 0 atom stereocenters. The van der Waals surface area contributed by atoms with E-state index < -0.39 is 11.5 Å². The molecule has 0 aliphatic carbocycles. The summed E-state index contributed by atoms with van der Waals surface area (Å²) in [4.78, 5) is 11.6. The van der Waals surface area contributed by atoms with Gasteiger partial charge in [-0.25, -0.2) is 4.79 Å². The zero-order valence-electron chi connectivity index (χ0n) is 9.91. The summed E-state index contributed by atoms with van der Waals surface area (Å²) in [6, 6.07) is 5.33. The van der Waals surface area contributed by atoms with Crippen LogP contribution in [0.4, 0.5) is 5.69 Å². The topological polar surface area (TPSA) is 78.3 Å². The number of rotatable bonds is 3. The van der Waals surface area contributed by atoms with Crippen LogP contribution in [-0.4, -0.2) is 18.6 Å². The number of ether oxygens (including phenoxy) is 1. The Balaban J connectivity index is 3.18. The molecule has 0 unspecified atom stereocenters. The molecular formula is C12H18N2O2. The smallest absolute Gasteiger partial charge is 0.340 e. The van der Waals surface area contributed by atoms with Crippen molar-refractivity contribution < 1.29 is 9.53 Å². The first-order valence-corrected chi connectivity index (χ1v) is 5.09. The van der Waals surface area contributed by atoms with E-state index in [2.05, 4.69) is 0 Å². The van der Waals surface area contributed by atoms with Crippen LogP contribution in [0.15, 0.2) is 18.2 Å². The molecule has 0 bridgehead atoms. The van der Waals surface area contributed by atoms with Crippen LogP contribution in [0.3, 0.4) is 0 Å². The van der Waals surface area contributed by atoms with E-state index in [1.807, 2.05) is 26.0 Å². The van der Waals surface area contributed by atoms with Gasteiger partial charge in [0.15, 0.2) is 0 Å². The number of nitrogens with two attached hydrogens (primary N) is 2. The van der Waals surface area contributed by atoms with Crippen LogP contribution in [0, 0.1) is 0 Å². The summed E-state index contributed by atoms with van der Waals surface area (Å²) < 4.78 is 4.71. The summed E-state index contributed by atoms with van der Waals surface area (Å²) in [7, 11) is 1.34. The number of anilines is 1. The second-order valence-corrected chi connectivity index (χ2v) is 4.54. The number of methoxy groups -OCH3 is 1. The van der Waals surface area contributed by atoms with Crippen LogP contribution < -0.4 is 11.5 Å². The number of carbonyl (C=O) groups excluding carboxylic acids is 1. The van der Waals surface area contributed by atoms with E-state index in [1.165, 1.54) is 7.11 Å². The zero-order valence-corrected chi connectivity index (χ0v) is 9.91.